The van der Waals surface area contributed by atoms with Crippen LogP contribution >= 0.6 is 12.0 Å². The summed E-state index contributed by atoms with van der Waals surface area (Å²) in [5.74, 6) is 1.47. The maximum Gasteiger partial charge on any atom is 0.338 e. The van der Waals surface area contributed by atoms with E-state index in [4.69, 9.17) is 13.7 Å². The predicted octanol–water partition coefficient (Wildman–Crippen LogP) is 4.26. The average Bonchev–Trinajstić information content (AvgIpc) is 2.54. The highest BCUT2D eigenvalue weighted by molar-refractivity contribution is 7.95. The third kappa shape index (κ3) is 4.56. The van der Waals surface area contributed by atoms with Crippen molar-refractivity contribution >= 4 is 18.0 Å². The van der Waals surface area contributed by atoms with Gasteiger partial charge in [-0.3, -0.25) is 0 Å². The van der Waals surface area contributed by atoms with Gasteiger partial charge in [0.1, 0.15) is 17.2 Å². The van der Waals surface area contributed by atoms with E-state index >= 15 is 0 Å². The van der Waals surface area contributed by atoms with Gasteiger partial charge in [-0.15, -0.1) is 0 Å². The van der Waals surface area contributed by atoms with Gasteiger partial charge in [-0.05, 0) is 55.5 Å². The van der Waals surface area contributed by atoms with Crippen LogP contribution in [0.1, 0.15) is 6.92 Å². The Balaban J connectivity index is 1.90. The molecule has 0 unspecified atom stereocenters. The second kappa shape index (κ2) is 7.56. The first-order valence-electron chi connectivity index (χ1n) is 6.55. The Morgan fingerprint density at radius 3 is 2.05 bits per heavy atom. The van der Waals surface area contributed by atoms with Crippen molar-refractivity contribution < 1.29 is 18.5 Å². The van der Waals surface area contributed by atoms with Crippen molar-refractivity contribution in [3.63, 3.8) is 0 Å². The molecule has 0 aliphatic carbocycles. The van der Waals surface area contributed by atoms with Gasteiger partial charge in [0.25, 0.3) is 0 Å². The van der Waals surface area contributed by atoms with Crippen LogP contribution < -0.4 is 13.7 Å². The molecule has 0 fully saturated rings. The van der Waals surface area contributed by atoms with Crippen LogP contribution in [-0.2, 0) is 4.79 Å². The second-order valence-corrected chi connectivity index (χ2v) is 5.29. The highest BCUT2D eigenvalue weighted by atomic mass is 32.2. The number of hydrogen-bond donors (Lipinski definition) is 0. The second-order valence-electron chi connectivity index (χ2n) is 4.48. The number of rotatable bonds is 6. The first kappa shape index (κ1) is 16.0. The quantitative estimate of drug-likeness (QED) is 0.345. The smallest absolute Gasteiger partial charge is 0.338 e. The molecular formula is C17H16O4S. The zero-order valence-electron chi connectivity index (χ0n) is 12.4. The van der Waals surface area contributed by atoms with Gasteiger partial charge < -0.3 is 13.7 Å². The molecule has 0 saturated heterocycles. The third-order valence-corrected chi connectivity index (χ3v) is 3.42. The molecule has 4 nitrogen and oxygen atoms in total. The largest absolute Gasteiger partial charge is 0.497 e. The number of methoxy groups -OCH3 is 1. The molecule has 5 heteroatoms. The van der Waals surface area contributed by atoms with Gasteiger partial charge in [0.15, 0.2) is 0 Å². The molecule has 0 aliphatic rings. The van der Waals surface area contributed by atoms with E-state index in [0.717, 1.165) is 10.6 Å². The van der Waals surface area contributed by atoms with E-state index in [1.165, 1.54) is 12.0 Å². The molecule has 0 spiro atoms. The van der Waals surface area contributed by atoms with E-state index in [1.807, 2.05) is 24.3 Å². The molecule has 0 radical (unpaired) electrons. The lowest BCUT2D eigenvalue weighted by Crippen LogP contribution is -2.07. The molecule has 0 aliphatic heterocycles. The predicted molar refractivity (Wildman–Crippen MR) is 86.4 cm³/mol. The maximum atomic E-state index is 11.4. The third-order valence-electron chi connectivity index (χ3n) is 2.68. The van der Waals surface area contributed by atoms with E-state index < -0.39 is 5.97 Å². The minimum absolute atomic E-state index is 0.357. The van der Waals surface area contributed by atoms with Crippen LogP contribution in [0.4, 0.5) is 0 Å². The van der Waals surface area contributed by atoms with Gasteiger partial charge in [0, 0.05) is 10.5 Å². The SMILES string of the molecule is C=C(C)C(=O)Oc1ccc(OSc2ccc(OC)cc2)cc1. The van der Waals surface area contributed by atoms with E-state index in [0.29, 0.717) is 17.1 Å². The summed E-state index contributed by atoms with van der Waals surface area (Å²) in [5.41, 5.74) is 0.357. The molecule has 0 atom stereocenters. The molecule has 22 heavy (non-hydrogen) atoms. The van der Waals surface area contributed by atoms with Crippen molar-refractivity contribution in [2.45, 2.75) is 11.8 Å². The van der Waals surface area contributed by atoms with Crippen LogP contribution in [0.3, 0.4) is 0 Å². The molecular weight excluding hydrogens is 300 g/mol. The molecule has 0 heterocycles. The number of hydrogen-bond acceptors (Lipinski definition) is 5. The standard InChI is InChI=1S/C17H16O4S/c1-12(2)17(18)20-14-4-6-15(7-5-14)21-22-16-10-8-13(19-3)9-11-16/h4-11H,1H2,2-3H3. The highest BCUT2D eigenvalue weighted by Crippen LogP contribution is 2.26. The summed E-state index contributed by atoms with van der Waals surface area (Å²) in [7, 11) is 1.63. The molecule has 114 valence electrons. The Labute approximate surface area is 133 Å². The lowest BCUT2D eigenvalue weighted by atomic mass is 10.3. The number of benzene rings is 2. The van der Waals surface area contributed by atoms with E-state index in [1.54, 1.807) is 38.3 Å². The van der Waals surface area contributed by atoms with Crippen molar-refractivity contribution in [3.8, 4) is 17.2 Å². The summed E-state index contributed by atoms with van der Waals surface area (Å²) >= 11 is 1.24. The van der Waals surface area contributed by atoms with Crippen LogP contribution in [0, 0.1) is 0 Å². The zero-order valence-corrected chi connectivity index (χ0v) is 13.2. The number of carbonyl (C=O) groups is 1. The van der Waals surface area contributed by atoms with Crippen molar-refractivity contribution in [3.05, 3.63) is 60.7 Å². The minimum atomic E-state index is -0.443. The highest BCUT2D eigenvalue weighted by Gasteiger charge is 2.05. The summed E-state index contributed by atoms with van der Waals surface area (Å²) in [4.78, 5) is 12.3. The number of ether oxygens (including phenoxy) is 2. The molecule has 0 N–H and O–H groups in total. The maximum absolute atomic E-state index is 11.4. The van der Waals surface area contributed by atoms with Crippen LogP contribution in [0.5, 0.6) is 17.2 Å². The zero-order chi connectivity index (χ0) is 15.9. The Morgan fingerprint density at radius 1 is 0.955 bits per heavy atom. The van der Waals surface area contributed by atoms with Crippen LogP contribution in [0.15, 0.2) is 65.6 Å². The Hall–Kier alpha value is -2.40. The molecule has 0 amide bonds. The fraction of sp³-hybridized carbons (Fsp3) is 0.118. The van der Waals surface area contributed by atoms with Crippen LogP contribution in [-0.4, -0.2) is 13.1 Å². The van der Waals surface area contributed by atoms with Crippen molar-refractivity contribution in [2.24, 2.45) is 0 Å². The van der Waals surface area contributed by atoms with Gasteiger partial charge in [0.05, 0.1) is 19.2 Å². The Morgan fingerprint density at radius 2 is 1.50 bits per heavy atom. The first-order valence-corrected chi connectivity index (χ1v) is 7.29. The monoisotopic (exact) mass is 316 g/mol. The average molecular weight is 316 g/mol. The fourth-order valence-corrected chi connectivity index (χ4v) is 2.04. The molecule has 0 bridgehead atoms. The Bertz CT molecular complexity index is 647. The lowest BCUT2D eigenvalue weighted by molar-refractivity contribution is -0.130. The van der Waals surface area contributed by atoms with Gasteiger partial charge in [0.2, 0.25) is 0 Å². The molecule has 2 rings (SSSR count). The van der Waals surface area contributed by atoms with E-state index in [9.17, 15) is 4.79 Å². The lowest BCUT2D eigenvalue weighted by Gasteiger charge is -2.07. The van der Waals surface area contributed by atoms with Gasteiger partial charge in [-0.25, -0.2) is 4.79 Å². The van der Waals surface area contributed by atoms with Crippen LogP contribution in [0.2, 0.25) is 0 Å². The minimum Gasteiger partial charge on any atom is -0.497 e. The van der Waals surface area contributed by atoms with Gasteiger partial charge in [-0.2, -0.15) is 0 Å². The summed E-state index contributed by atoms with van der Waals surface area (Å²) < 4.78 is 15.8. The van der Waals surface area contributed by atoms with Crippen molar-refractivity contribution in [2.75, 3.05) is 7.11 Å². The molecule has 0 aromatic heterocycles. The van der Waals surface area contributed by atoms with E-state index in [2.05, 4.69) is 6.58 Å². The Kier molecular flexibility index (Phi) is 5.49. The van der Waals surface area contributed by atoms with Gasteiger partial charge in [-0.1, -0.05) is 6.58 Å². The van der Waals surface area contributed by atoms with Crippen LogP contribution in [0.25, 0.3) is 0 Å². The normalized spacial score (nSPS) is 9.91. The summed E-state index contributed by atoms with van der Waals surface area (Å²) in [6, 6.07) is 14.4. The number of esters is 1. The summed E-state index contributed by atoms with van der Waals surface area (Å²) in [5, 5.41) is 0. The molecule has 0 saturated carbocycles. The number of carbonyl (C=O) groups excluding carboxylic acids is 1. The van der Waals surface area contributed by atoms with E-state index in [-0.39, 0.29) is 0 Å². The van der Waals surface area contributed by atoms with Gasteiger partial charge >= 0.3 is 5.97 Å². The fourth-order valence-electron chi connectivity index (χ4n) is 1.48. The van der Waals surface area contributed by atoms with Crippen molar-refractivity contribution in [1.82, 2.24) is 0 Å². The summed E-state index contributed by atoms with van der Waals surface area (Å²) in [6.45, 7) is 5.14. The molecule has 2 aromatic rings. The van der Waals surface area contributed by atoms with Crippen molar-refractivity contribution in [1.29, 1.82) is 0 Å². The summed E-state index contributed by atoms with van der Waals surface area (Å²) in [6.07, 6.45) is 0. The molecule has 2 aromatic carbocycles. The topological polar surface area (TPSA) is 44.8 Å². The first-order chi connectivity index (χ1) is 10.6.